The van der Waals surface area contributed by atoms with Gasteiger partial charge >= 0.3 is 0 Å². The number of rotatable bonds is 2. The number of imidazole rings is 2. The molecular weight excluding hydrogens is 268 g/mol. The summed E-state index contributed by atoms with van der Waals surface area (Å²) in [6.07, 6.45) is 7.08. The second-order valence-electron chi connectivity index (χ2n) is 4.90. The highest BCUT2D eigenvalue weighted by molar-refractivity contribution is 5.72. The summed E-state index contributed by atoms with van der Waals surface area (Å²) < 4.78 is 5.08. The van der Waals surface area contributed by atoms with Gasteiger partial charge in [0.25, 0.3) is 5.56 Å². The molecule has 0 atom stereocenters. The summed E-state index contributed by atoms with van der Waals surface area (Å²) in [4.78, 5) is 21.0. The highest BCUT2D eigenvalue weighted by Crippen LogP contribution is 2.07. The highest BCUT2D eigenvalue weighted by Gasteiger charge is 2.10. The van der Waals surface area contributed by atoms with E-state index >= 15 is 0 Å². The summed E-state index contributed by atoms with van der Waals surface area (Å²) in [6.45, 7) is 0.326. The van der Waals surface area contributed by atoms with Crippen LogP contribution in [0.1, 0.15) is 5.69 Å². The van der Waals surface area contributed by atoms with Crippen molar-refractivity contribution in [2.45, 2.75) is 6.54 Å². The van der Waals surface area contributed by atoms with Crippen LogP contribution >= 0.6 is 0 Å². The second-order valence-corrected chi connectivity index (χ2v) is 4.90. The fourth-order valence-electron chi connectivity index (χ4n) is 2.39. The minimum atomic E-state index is -0.204. The maximum Gasteiger partial charge on any atom is 0.295 e. The molecule has 0 aromatic carbocycles. The van der Waals surface area contributed by atoms with Gasteiger partial charge in [-0.15, -0.1) is 0 Å². The first-order valence-electron chi connectivity index (χ1n) is 6.52. The molecule has 7 nitrogen and oxygen atoms in total. The van der Waals surface area contributed by atoms with Gasteiger partial charge in [0.2, 0.25) is 0 Å². The van der Waals surface area contributed by atoms with Crippen LogP contribution in [0.25, 0.3) is 16.7 Å². The third-order valence-corrected chi connectivity index (χ3v) is 3.46. The van der Waals surface area contributed by atoms with Crippen molar-refractivity contribution in [3.63, 3.8) is 0 Å². The van der Waals surface area contributed by atoms with Gasteiger partial charge in [0.05, 0.1) is 30.3 Å². The molecule has 7 heteroatoms. The van der Waals surface area contributed by atoms with E-state index in [1.807, 2.05) is 42.0 Å². The second kappa shape index (κ2) is 4.27. The largest absolute Gasteiger partial charge is 0.332 e. The fourth-order valence-corrected chi connectivity index (χ4v) is 2.39. The number of hydrogen-bond donors (Lipinski definition) is 0. The zero-order chi connectivity index (χ0) is 14.4. The van der Waals surface area contributed by atoms with Crippen molar-refractivity contribution in [1.29, 1.82) is 0 Å². The molecule has 0 fully saturated rings. The zero-order valence-electron chi connectivity index (χ0n) is 11.3. The molecular formula is C14H12N6O. The Morgan fingerprint density at radius 2 is 2.19 bits per heavy atom. The Bertz CT molecular complexity index is 976. The molecule has 4 rings (SSSR count). The minimum absolute atomic E-state index is 0.204. The lowest BCUT2D eigenvalue weighted by Gasteiger charge is -2.01. The predicted molar refractivity (Wildman–Crippen MR) is 77.1 cm³/mol. The van der Waals surface area contributed by atoms with Crippen molar-refractivity contribution in [2.24, 2.45) is 7.05 Å². The molecule has 0 N–H and O–H groups in total. The summed E-state index contributed by atoms with van der Waals surface area (Å²) in [5.41, 5.74) is 2.58. The third kappa shape index (κ3) is 1.82. The van der Waals surface area contributed by atoms with Gasteiger partial charge in [-0.3, -0.25) is 4.79 Å². The smallest absolute Gasteiger partial charge is 0.295 e. The van der Waals surface area contributed by atoms with E-state index in [1.54, 1.807) is 17.1 Å². The summed E-state index contributed by atoms with van der Waals surface area (Å²) in [6, 6.07) is 5.78. The maximum absolute atomic E-state index is 12.4. The van der Waals surface area contributed by atoms with Gasteiger partial charge in [0.15, 0.2) is 5.52 Å². The number of hydrogen-bond acceptors (Lipinski definition) is 4. The summed E-state index contributed by atoms with van der Waals surface area (Å²) >= 11 is 0. The molecule has 0 saturated carbocycles. The SMILES string of the molecule is Cn1cnc2c(=O)n(Cc3cn4ccccc4n3)ncc21. The van der Waals surface area contributed by atoms with Gasteiger partial charge in [0, 0.05) is 19.4 Å². The van der Waals surface area contributed by atoms with Crippen LogP contribution in [0.5, 0.6) is 0 Å². The van der Waals surface area contributed by atoms with Crippen LogP contribution in [0.4, 0.5) is 0 Å². The molecule has 0 amide bonds. The van der Waals surface area contributed by atoms with E-state index in [4.69, 9.17) is 0 Å². The number of aromatic nitrogens is 6. The van der Waals surface area contributed by atoms with Crippen LogP contribution in [0.15, 0.2) is 47.9 Å². The van der Waals surface area contributed by atoms with E-state index in [9.17, 15) is 4.79 Å². The summed E-state index contributed by atoms with van der Waals surface area (Å²) in [5, 5.41) is 4.20. The molecule has 4 aromatic rings. The molecule has 4 aromatic heterocycles. The molecule has 0 aliphatic heterocycles. The van der Waals surface area contributed by atoms with Crippen LogP contribution in [0, 0.1) is 0 Å². The van der Waals surface area contributed by atoms with E-state index in [2.05, 4.69) is 15.1 Å². The van der Waals surface area contributed by atoms with Crippen LogP contribution in [0.3, 0.4) is 0 Å². The number of pyridine rings is 1. The zero-order valence-corrected chi connectivity index (χ0v) is 11.3. The van der Waals surface area contributed by atoms with Gasteiger partial charge in [-0.25, -0.2) is 14.6 Å². The number of nitrogens with zero attached hydrogens (tertiary/aromatic N) is 6. The number of aryl methyl sites for hydroxylation is 1. The van der Waals surface area contributed by atoms with Gasteiger partial charge in [-0.1, -0.05) is 6.07 Å². The van der Waals surface area contributed by atoms with Crippen LogP contribution in [-0.2, 0) is 13.6 Å². The van der Waals surface area contributed by atoms with E-state index in [1.165, 1.54) is 4.68 Å². The van der Waals surface area contributed by atoms with Crippen LogP contribution < -0.4 is 5.56 Å². The minimum Gasteiger partial charge on any atom is -0.332 e. The monoisotopic (exact) mass is 280 g/mol. The number of fused-ring (bicyclic) bond motifs is 2. The van der Waals surface area contributed by atoms with Crippen molar-refractivity contribution in [3.05, 3.63) is 59.2 Å². The Kier molecular flexibility index (Phi) is 2.41. The van der Waals surface area contributed by atoms with Crippen molar-refractivity contribution in [3.8, 4) is 0 Å². The van der Waals surface area contributed by atoms with Gasteiger partial charge in [0.1, 0.15) is 5.65 Å². The maximum atomic E-state index is 12.4. The molecule has 0 aliphatic carbocycles. The third-order valence-electron chi connectivity index (χ3n) is 3.46. The Balaban J connectivity index is 1.80. The summed E-state index contributed by atoms with van der Waals surface area (Å²) in [7, 11) is 1.84. The first kappa shape index (κ1) is 11.8. The topological polar surface area (TPSA) is 70.0 Å². The lowest BCUT2D eigenvalue weighted by molar-refractivity contribution is 0.636. The van der Waals surface area contributed by atoms with E-state index < -0.39 is 0 Å². The van der Waals surface area contributed by atoms with Gasteiger partial charge < -0.3 is 8.97 Å². The van der Waals surface area contributed by atoms with Crippen LogP contribution in [-0.4, -0.2) is 28.7 Å². The lowest BCUT2D eigenvalue weighted by atomic mass is 10.4. The normalized spacial score (nSPS) is 11.5. The molecule has 0 radical (unpaired) electrons. The molecule has 4 heterocycles. The molecule has 0 saturated heterocycles. The average molecular weight is 280 g/mol. The van der Waals surface area contributed by atoms with Gasteiger partial charge in [-0.05, 0) is 12.1 Å². The first-order valence-corrected chi connectivity index (χ1v) is 6.52. The van der Waals surface area contributed by atoms with E-state index in [0.717, 1.165) is 16.9 Å². The van der Waals surface area contributed by atoms with Crippen molar-refractivity contribution in [1.82, 2.24) is 28.7 Å². The highest BCUT2D eigenvalue weighted by atomic mass is 16.1. The molecule has 0 aliphatic rings. The quantitative estimate of drug-likeness (QED) is 0.545. The van der Waals surface area contributed by atoms with E-state index in [-0.39, 0.29) is 5.56 Å². The van der Waals surface area contributed by atoms with Crippen LogP contribution in [0.2, 0.25) is 0 Å². The Morgan fingerprint density at radius 3 is 3.05 bits per heavy atom. The molecule has 104 valence electrons. The fraction of sp³-hybridized carbons (Fsp3) is 0.143. The Hall–Kier alpha value is -2.96. The van der Waals surface area contributed by atoms with E-state index in [0.29, 0.717) is 12.1 Å². The average Bonchev–Trinajstić information content (AvgIpc) is 3.06. The summed E-state index contributed by atoms with van der Waals surface area (Å²) in [5.74, 6) is 0. The van der Waals surface area contributed by atoms with Crippen molar-refractivity contribution >= 4 is 16.7 Å². The lowest BCUT2D eigenvalue weighted by Crippen LogP contribution is -2.23. The predicted octanol–water partition coefficient (Wildman–Crippen LogP) is 0.826. The Labute approximate surface area is 119 Å². The molecule has 0 spiro atoms. The molecule has 21 heavy (non-hydrogen) atoms. The molecule has 0 bridgehead atoms. The Morgan fingerprint density at radius 1 is 1.29 bits per heavy atom. The first-order chi connectivity index (χ1) is 10.2. The van der Waals surface area contributed by atoms with Gasteiger partial charge in [-0.2, -0.15) is 5.10 Å². The van der Waals surface area contributed by atoms with Crippen molar-refractivity contribution < 1.29 is 0 Å². The molecule has 0 unspecified atom stereocenters. The standard InChI is InChI=1S/C14H12N6O/c1-18-9-15-13-11(18)6-16-20(14(13)21)8-10-7-19-5-3-2-4-12(19)17-10/h2-7,9H,8H2,1H3. The van der Waals surface area contributed by atoms with Crippen molar-refractivity contribution in [2.75, 3.05) is 0 Å².